The van der Waals surface area contributed by atoms with Crippen LogP contribution in [0, 0.1) is 30.3 Å². The zero-order chi connectivity index (χ0) is 34.3. The summed E-state index contributed by atoms with van der Waals surface area (Å²) in [6.07, 6.45) is 4.20. The molecule has 6 aromatic rings. The molecule has 0 atom stereocenters. The minimum atomic E-state index is -0.556. The summed E-state index contributed by atoms with van der Waals surface area (Å²) >= 11 is 0. The van der Waals surface area contributed by atoms with E-state index in [4.69, 9.17) is 0 Å². The molecule has 0 heterocycles. The highest BCUT2D eigenvalue weighted by Gasteiger charge is 2.26. The van der Waals surface area contributed by atoms with Crippen LogP contribution in [0.3, 0.4) is 0 Å². The Balaban J connectivity index is 1.38. The molecule has 6 aromatic carbocycles. The van der Waals surface area contributed by atoms with Gasteiger partial charge in [0.05, 0.1) is 34.4 Å². The second-order valence-corrected chi connectivity index (χ2v) is 11.6. The predicted molar refractivity (Wildman–Crippen MR) is 193 cm³/mol. The molecule has 0 saturated heterocycles. The highest BCUT2D eigenvalue weighted by molar-refractivity contribution is 5.86. The number of nitrogens with zero attached hydrogens (tertiary/aromatic N) is 4. The standard InChI is InChI=1S/C39H30N4O6/c44-41(45)37(22-28-13-16-31-7-1-4-10-34(31)19-28)25-40(26-38(42(46)47)23-29-14-17-32-8-2-5-11-35(32)20-29)27-39(43(48)49)24-30-15-18-33-9-3-6-12-36(33)21-30/h1-24H,25-27H2/b37-22+,38-23+,39-24+. The summed E-state index contributed by atoms with van der Waals surface area (Å²) in [6.45, 7) is -1.19. The largest absolute Gasteiger partial charge is 0.273 e. The van der Waals surface area contributed by atoms with Crippen molar-refractivity contribution in [2.24, 2.45) is 0 Å². The fraction of sp³-hybridized carbons (Fsp3) is 0.0769. The second kappa shape index (κ2) is 14.5. The van der Waals surface area contributed by atoms with Gasteiger partial charge in [-0.2, -0.15) is 0 Å². The molecule has 242 valence electrons. The average Bonchev–Trinajstić information content (AvgIpc) is 3.10. The van der Waals surface area contributed by atoms with Gasteiger partial charge in [-0.25, -0.2) is 0 Å². The van der Waals surface area contributed by atoms with Crippen molar-refractivity contribution in [2.45, 2.75) is 0 Å². The molecule has 0 radical (unpaired) electrons. The van der Waals surface area contributed by atoms with Crippen LogP contribution in [0.4, 0.5) is 0 Å². The Hall–Kier alpha value is -6.52. The van der Waals surface area contributed by atoms with Gasteiger partial charge in [0.1, 0.15) is 0 Å². The van der Waals surface area contributed by atoms with Crippen LogP contribution in [-0.2, 0) is 0 Å². The molecular weight excluding hydrogens is 620 g/mol. The van der Waals surface area contributed by atoms with E-state index in [0.29, 0.717) is 16.7 Å². The lowest BCUT2D eigenvalue weighted by atomic mass is 10.1. The van der Waals surface area contributed by atoms with Crippen molar-refractivity contribution in [3.8, 4) is 0 Å². The molecule has 0 spiro atoms. The van der Waals surface area contributed by atoms with Crippen molar-refractivity contribution in [1.29, 1.82) is 0 Å². The monoisotopic (exact) mass is 650 g/mol. The van der Waals surface area contributed by atoms with Crippen LogP contribution in [0.5, 0.6) is 0 Å². The van der Waals surface area contributed by atoms with E-state index in [1.54, 1.807) is 18.2 Å². The van der Waals surface area contributed by atoms with E-state index < -0.39 is 34.4 Å². The van der Waals surface area contributed by atoms with Crippen LogP contribution >= 0.6 is 0 Å². The van der Waals surface area contributed by atoms with E-state index in [1.165, 1.54) is 23.1 Å². The zero-order valence-electron chi connectivity index (χ0n) is 26.2. The first-order valence-electron chi connectivity index (χ1n) is 15.5. The lowest BCUT2D eigenvalue weighted by molar-refractivity contribution is -0.436. The maximum atomic E-state index is 12.4. The van der Waals surface area contributed by atoms with E-state index >= 15 is 0 Å². The van der Waals surface area contributed by atoms with Crippen molar-refractivity contribution in [3.05, 3.63) is 192 Å². The van der Waals surface area contributed by atoms with Crippen LogP contribution < -0.4 is 0 Å². The molecule has 0 amide bonds. The molecule has 0 bridgehead atoms. The van der Waals surface area contributed by atoms with Crippen molar-refractivity contribution in [2.75, 3.05) is 19.6 Å². The van der Waals surface area contributed by atoms with Crippen LogP contribution in [0.1, 0.15) is 16.7 Å². The quantitative estimate of drug-likeness (QED) is 0.0956. The van der Waals surface area contributed by atoms with Gasteiger partial charge in [0.15, 0.2) is 0 Å². The van der Waals surface area contributed by atoms with E-state index in [0.717, 1.165) is 32.3 Å². The third-order valence-electron chi connectivity index (χ3n) is 8.18. The third-order valence-corrected chi connectivity index (χ3v) is 8.18. The average molecular weight is 651 g/mol. The lowest BCUT2D eigenvalue weighted by Crippen LogP contribution is -2.34. The van der Waals surface area contributed by atoms with Crippen LogP contribution in [0.2, 0.25) is 0 Å². The topological polar surface area (TPSA) is 133 Å². The lowest BCUT2D eigenvalue weighted by Gasteiger charge is -2.18. The molecule has 10 nitrogen and oxygen atoms in total. The molecule has 0 saturated carbocycles. The van der Waals surface area contributed by atoms with Crippen LogP contribution in [0.25, 0.3) is 50.5 Å². The minimum Gasteiger partial charge on any atom is -0.273 e. The Morgan fingerprint density at radius 2 is 0.694 bits per heavy atom. The van der Waals surface area contributed by atoms with Crippen molar-refractivity contribution >= 4 is 50.5 Å². The minimum absolute atomic E-state index is 0.267. The third kappa shape index (κ3) is 8.07. The summed E-state index contributed by atoms with van der Waals surface area (Å²) < 4.78 is 0. The fourth-order valence-electron chi connectivity index (χ4n) is 5.79. The molecule has 49 heavy (non-hydrogen) atoms. The molecule has 0 unspecified atom stereocenters. The van der Waals surface area contributed by atoms with Gasteiger partial charge in [0.2, 0.25) is 0 Å². The van der Waals surface area contributed by atoms with Crippen molar-refractivity contribution in [1.82, 2.24) is 4.90 Å². The number of fused-ring (bicyclic) bond motifs is 3. The summed E-state index contributed by atoms with van der Waals surface area (Å²) in [5.74, 6) is 0. The molecule has 0 N–H and O–H groups in total. The predicted octanol–water partition coefficient (Wildman–Crippen LogP) is 8.70. The number of hydrogen-bond acceptors (Lipinski definition) is 7. The number of hydrogen-bond donors (Lipinski definition) is 0. The van der Waals surface area contributed by atoms with Crippen LogP contribution in [-0.4, -0.2) is 39.3 Å². The summed E-state index contributed by atoms with van der Waals surface area (Å²) in [4.78, 5) is 36.9. The van der Waals surface area contributed by atoms with Crippen molar-refractivity contribution < 1.29 is 14.8 Å². The Kier molecular flexibility index (Phi) is 9.59. The Morgan fingerprint density at radius 3 is 0.959 bits per heavy atom. The van der Waals surface area contributed by atoms with E-state index in [-0.39, 0.29) is 17.1 Å². The molecule has 0 aliphatic carbocycles. The van der Waals surface area contributed by atoms with E-state index in [9.17, 15) is 30.3 Å². The second-order valence-electron chi connectivity index (χ2n) is 11.6. The Bertz CT molecular complexity index is 2070. The molecular formula is C39H30N4O6. The van der Waals surface area contributed by atoms with Crippen molar-refractivity contribution in [3.63, 3.8) is 0 Å². The maximum absolute atomic E-state index is 12.4. The van der Waals surface area contributed by atoms with Gasteiger partial charge in [-0.05, 0) is 67.2 Å². The number of benzene rings is 6. The Labute approximate surface area is 281 Å². The number of rotatable bonds is 12. The molecule has 0 fully saturated rings. The van der Waals surface area contributed by atoms with Gasteiger partial charge in [0, 0.05) is 18.2 Å². The van der Waals surface area contributed by atoms with Gasteiger partial charge >= 0.3 is 0 Å². The SMILES string of the molecule is O=[N+]([O-])/C(=C/c1ccc2ccccc2c1)CN(C/C(=C\c1ccc2ccccc2c1)[N+](=O)[O-])C/C(=C\c1ccc2ccccc2c1)[N+](=O)[O-]. The van der Waals surface area contributed by atoms with E-state index in [2.05, 4.69) is 0 Å². The van der Waals surface area contributed by atoms with Gasteiger partial charge in [0.25, 0.3) is 17.1 Å². The summed E-state index contributed by atoms with van der Waals surface area (Å²) in [6, 6.07) is 39.0. The van der Waals surface area contributed by atoms with Crippen LogP contribution in [0.15, 0.2) is 144 Å². The zero-order valence-corrected chi connectivity index (χ0v) is 26.2. The van der Waals surface area contributed by atoms with Gasteiger partial charge in [-0.3, -0.25) is 35.2 Å². The highest BCUT2D eigenvalue weighted by Crippen LogP contribution is 2.22. The Morgan fingerprint density at radius 1 is 0.429 bits per heavy atom. The van der Waals surface area contributed by atoms with Gasteiger partial charge in [-0.15, -0.1) is 0 Å². The maximum Gasteiger partial charge on any atom is 0.260 e. The summed E-state index contributed by atoms with van der Waals surface area (Å²) in [5.41, 5.74) is 0.888. The highest BCUT2D eigenvalue weighted by atomic mass is 16.6. The molecule has 0 aliphatic heterocycles. The first kappa shape index (κ1) is 32.4. The molecule has 10 heteroatoms. The first-order chi connectivity index (χ1) is 23.7. The van der Waals surface area contributed by atoms with Gasteiger partial charge < -0.3 is 0 Å². The van der Waals surface area contributed by atoms with E-state index in [1.807, 2.05) is 109 Å². The summed E-state index contributed by atoms with van der Waals surface area (Å²) in [7, 11) is 0. The molecule has 6 rings (SSSR count). The normalized spacial score (nSPS) is 12.6. The fourth-order valence-corrected chi connectivity index (χ4v) is 5.79. The smallest absolute Gasteiger partial charge is 0.260 e. The molecule has 0 aliphatic rings. The first-order valence-corrected chi connectivity index (χ1v) is 15.5. The summed E-state index contributed by atoms with van der Waals surface area (Å²) in [5, 5.41) is 42.7. The number of nitro groups is 3. The van der Waals surface area contributed by atoms with Gasteiger partial charge in [-0.1, -0.05) is 109 Å². The molecule has 0 aromatic heterocycles.